The highest BCUT2D eigenvalue weighted by atomic mass is 32.1. The maximum atomic E-state index is 8.70. The molecule has 0 amide bonds. The zero-order valence-electron chi connectivity index (χ0n) is 11.6. The summed E-state index contributed by atoms with van der Waals surface area (Å²) in [5.74, 6) is 6.07. The van der Waals surface area contributed by atoms with Crippen LogP contribution in [0.15, 0.2) is 11.4 Å². The molecular weight excluding hydrogens is 256 g/mol. The predicted molar refractivity (Wildman–Crippen MR) is 80.3 cm³/mol. The van der Waals surface area contributed by atoms with Gasteiger partial charge in [-0.05, 0) is 32.6 Å². The monoisotopic (exact) mass is 278 g/mol. The Morgan fingerprint density at radius 2 is 2.21 bits per heavy atom. The highest BCUT2D eigenvalue weighted by Crippen LogP contribution is 2.17. The maximum absolute atomic E-state index is 8.70. The Hall–Kier alpha value is -0.860. The molecule has 2 rings (SSSR count). The van der Waals surface area contributed by atoms with Gasteiger partial charge in [-0.15, -0.1) is 11.3 Å². The van der Waals surface area contributed by atoms with Crippen LogP contribution in [0.1, 0.15) is 23.3 Å². The van der Waals surface area contributed by atoms with Gasteiger partial charge in [-0.2, -0.15) is 0 Å². The van der Waals surface area contributed by atoms with Crippen molar-refractivity contribution in [3.05, 3.63) is 21.9 Å². The largest absolute Gasteiger partial charge is 0.395 e. The number of likely N-dealkylation sites (N-methyl/N-ethyl adjacent to an activating group) is 1. The first-order valence-electron chi connectivity index (χ1n) is 6.86. The Labute approximate surface area is 119 Å². The molecule has 0 saturated carbocycles. The molecule has 0 spiro atoms. The van der Waals surface area contributed by atoms with Crippen LogP contribution in [0.4, 0.5) is 0 Å². The van der Waals surface area contributed by atoms with Crippen molar-refractivity contribution < 1.29 is 5.11 Å². The lowest BCUT2D eigenvalue weighted by molar-refractivity contribution is 0.271. The van der Waals surface area contributed by atoms with Crippen LogP contribution in [0.3, 0.4) is 0 Å². The van der Waals surface area contributed by atoms with Crippen LogP contribution in [-0.4, -0.2) is 54.7 Å². The second-order valence-electron chi connectivity index (χ2n) is 5.01. The standard InChI is InChI=1S/C15H22N2OS/c1-16-6-4-7-17(9-8-16)12-15-11-14(13-19-15)5-2-3-10-18/h11,13,18H,3-4,6-10,12H2,1H3. The van der Waals surface area contributed by atoms with Gasteiger partial charge in [-0.1, -0.05) is 11.8 Å². The summed E-state index contributed by atoms with van der Waals surface area (Å²) < 4.78 is 0. The van der Waals surface area contributed by atoms with Gasteiger partial charge < -0.3 is 10.0 Å². The average Bonchev–Trinajstić information content (AvgIpc) is 2.73. The van der Waals surface area contributed by atoms with Crippen LogP contribution in [0, 0.1) is 11.8 Å². The second kappa shape index (κ2) is 7.66. The molecule has 1 aliphatic heterocycles. The fraction of sp³-hybridized carbons (Fsp3) is 0.600. The third kappa shape index (κ3) is 4.96. The molecular formula is C15H22N2OS. The molecule has 1 saturated heterocycles. The highest BCUT2D eigenvalue weighted by Gasteiger charge is 2.12. The lowest BCUT2D eigenvalue weighted by Crippen LogP contribution is -2.28. The lowest BCUT2D eigenvalue weighted by atomic mass is 10.3. The van der Waals surface area contributed by atoms with Crippen molar-refractivity contribution in [3.8, 4) is 11.8 Å². The third-order valence-corrected chi connectivity index (χ3v) is 4.24. The first-order chi connectivity index (χ1) is 9.28. The van der Waals surface area contributed by atoms with Crippen molar-refractivity contribution in [2.45, 2.75) is 19.4 Å². The lowest BCUT2D eigenvalue weighted by Gasteiger charge is -2.18. The van der Waals surface area contributed by atoms with E-state index in [-0.39, 0.29) is 6.61 Å². The van der Waals surface area contributed by atoms with Gasteiger partial charge >= 0.3 is 0 Å². The number of rotatable bonds is 3. The molecule has 0 unspecified atom stereocenters. The summed E-state index contributed by atoms with van der Waals surface area (Å²) in [5, 5.41) is 10.8. The smallest absolute Gasteiger partial charge is 0.0540 e. The van der Waals surface area contributed by atoms with Gasteiger partial charge in [0.15, 0.2) is 0 Å². The summed E-state index contributed by atoms with van der Waals surface area (Å²) in [4.78, 5) is 6.32. The van der Waals surface area contributed by atoms with Crippen LogP contribution in [0.25, 0.3) is 0 Å². The Bertz CT molecular complexity index is 446. The molecule has 104 valence electrons. The molecule has 1 N–H and O–H groups in total. The molecule has 1 fully saturated rings. The number of aliphatic hydroxyl groups excluding tert-OH is 1. The second-order valence-corrected chi connectivity index (χ2v) is 6.01. The summed E-state index contributed by atoms with van der Waals surface area (Å²) in [7, 11) is 2.20. The summed E-state index contributed by atoms with van der Waals surface area (Å²) in [5.41, 5.74) is 1.08. The minimum atomic E-state index is 0.144. The Morgan fingerprint density at radius 1 is 1.32 bits per heavy atom. The van der Waals surface area contributed by atoms with Gasteiger partial charge in [-0.3, -0.25) is 4.90 Å². The van der Waals surface area contributed by atoms with Crippen LogP contribution in [0.2, 0.25) is 0 Å². The summed E-state index contributed by atoms with van der Waals surface area (Å²) in [6.07, 6.45) is 1.81. The van der Waals surface area contributed by atoms with Gasteiger partial charge in [0.05, 0.1) is 6.61 Å². The van der Waals surface area contributed by atoms with Crippen LogP contribution >= 0.6 is 11.3 Å². The molecule has 1 aromatic heterocycles. The molecule has 19 heavy (non-hydrogen) atoms. The number of thiophene rings is 1. The van der Waals surface area contributed by atoms with E-state index >= 15 is 0 Å². The number of aliphatic hydroxyl groups is 1. The van der Waals surface area contributed by atoms with Crippen molar-refractivity contribution >= 4 is 11.3 Å². The Morgan fingerprint density at radius 3 is 3.05 bits per heavy atom. The van der Waals surface area contributed by atoms with E-state index in [1.807, 2.05) is 0 Å². The van der Waals surface area contributed by atoms with E-state index in [9.17, 15) is 0 Å². The quantitative estimate of drug-likeness (QED) is 0.851. The van der Waals surface area contributed by atoms with E-state index in [0.29, 0.717) is 6.42 Å². The third-order valence-electron chi connectivity index (χ3n) is 3.31. The normalized spacial score (nSPS) is 17.8. The fourth-order valence-corrected chi connectivity index (χ4v) is 3.09. The van der Waals surface area contributed by atoms with E-state index in [1.54, 1.807) is 11.3 Å². The van der Waals surface area contributed by atoms with Crippen LogP contribution in [0.5, 0.6) is 0 Å². The van der Waals surface area contributed by atoms with E-state index in [0.717, 1.165) is 25.2 Å². The molecule has 3 nitrogen and oxygen atoms in total. The van der Waals surface area contributed by atoms with E-state index in [4.69, 9.17) is 5.11 Å². The molecule has 4 heteroatoms. The fourth-order valence-electron chi connectivity index (χ4n) is 2.23. The van der Waals surface area contributed by atoms with Crippen molar-refractivity contribution in [1.29, 1.82) is 0 Å². The SMILES string of the molecule is CN1CCCN(Cc2cc(C#CCCO)cs2)CC1. The molecule has 0 aliphatic carbocycles. The van der Waals surface area contributed by atoms with E-state index in [2.05, 4.69) is 40.1 Å². The first-order valence-corrected chi connectivity index (χ1v) is 7.74. The minimum absolute atomic E-state index is 0.144. The summed E-state index contributed by atoms with van der Waals surface area (Å²) in [6, 6.07) is 2.18. The van der Waals surface area contributed by atoms with Crippen molar-refractivity contribution in [3.63, 3.8) is 0 Å². The molecule has 0 radical (unpaired) electrons. The first kappa shape index (κ1) is 14.5. The van der Waals surface area contributed by atoms with Gasteiger partial charge in [0.2, 0.25) is 0 Å². The Balaban J connectivity index is 1.87. The molecule has 1 aliphatic rings. The van der Waals surface area contributed by atoms with Gasteiger partial charge in [-0.25, -0.2) is 0 Å². The predicted octanol–water partition coefficient (Wildman–Crippen LogP) is 1.62. The number of hydrogen-bond donors (Lipinski definition) is 1. The molecule has 2 heterocycles. The molecule has 0 bridgehead atoms. The van der Waals surface area contributed by atoms with Crippen molar-refractivity contribution in [1.82, 2.24) is 9.80 Å². The Kier molecular flexibility index (Phi) is 5.87. The van der Waals surface area contributed by atoms with Crippen LogP contribution in [-0.2, 0) is 6.54 Å². The van der Waals surface area contributed by atoms with Gasteiger partial charge in [0, 0.05) is 41.9 Å². The number of hydrogen-bond acceptors (Lipinski definition) is 4. The molecule has 0 atom stereocenters. The zero-order chi connectivity index (χ0) is 13.5. The summed E-state index contributed by atoms with van der Waals surface area (Å²) in [6.45, 7) is 5.90. The topological polar surface area (TPSA) is 26.7 Å². The molecule has 1 aromatic rings. The van der Waals surface area contributed by atoms with Gasteiger partial charge in [0.1, 0.15) is 0 Å². The summed E-state index contributed by atoms with van der Waals surface area (Å²) >= 11 is 1.79. The number of nitrogens with zero attached hydrogens (tertiary/aromatic N) is 2. The van der Waals surface area contributed by atoms with Gasteiger partial charge in [0.25, 0.3) is 0 Å². The zero-order valence-corrected chi connectivity index (χ0v) is 12.4. The van der Waals surface area contributed by atoms with E-state index in [1.165, 1.54) is 24.4 Å². The molecule has 0 aromatic carbocycles. The highest BCUT2D eigenvalue weighted by molar-refractivity contribution is 7.10. The average molecular weight is 278 g/mol. The minimum Gasteiger partial charge on any atom is -0.395 e. The van der Waals surface area contributed by atoms with E-state index < -0.39 is 0 Å². The van der Waals surface area contributed by atoms with Crippen molar-refractivity contribution in [2.75, 3.05) is 39.8 Å². The van der Waals surface area contributed by atoms with Crippen LogP contribution < -0.4 is 0 Å². The van der Waals surface area contributed by atoms with Crippen molar-refractivity contribution in [2.24, 2.45) is 0 Å². The maximum Gasteiger partial charge on any atom is 0.0540 e.